The van der Waals surface area contributed by atoms with E-state index in [1.807, 2.05) is 0 Å². The standard InChI is InChI=1S/C12H18F3NO2/c13-12(14,15)7-11(18)16-6-2-4-9(16)8-3-1-5-10(8)17/h8-10,17H,1-7H2. The summed E-state index contributed by atoms with van der Waals surface area (Å²) in [7, 11) is 0. The van der Waals surface area contributed by atoms with Crippen molar-refractivity contribution in [1.29, 1.82) is 0 Å². The van der Waals surface area contributed by atoms with Gasteiger partial charge in [-0.2, -0.15) is 13.2 Å². The molecule has 3 nitrogen and oxygen atoms in total. The Morgan fingerprint density at radius 1 is 1.22 bits per heavy atom. The number of carbonyl (C=O) groups is 1. The van der Waals surface area contributed by atoms with E-state index in [9.17, 15) is 23.1 Å². The summed E-state index contributed by atoms with van der Waals surface area (Å²) in [6.07, 6.45) is -2.45. The van der Waals surface area contributed by atoms with Crippen LogP contribution in [0.3, 0.4) is 0 Å². The average molecular weight is 265 g/mol. The van der Waals surface area contributed by atoms with Gasteiger partial charge in [0.2, 0.25) is 5.91 Å². The monoisotopic (exact) mass is 265 g/mol. The summed E-state index contributed by atoms with van der Waals surface area (Å²) < 4.78 is 36.7. The molecule has 18 heavy (non-hydrogen) atoms. The van der Waals surface area contributed by atoms with Crippen LogP contribution >= 0.6 is 0 Å². The van der Waals surface area contributed by atoms with E-state index in [1.165, 1.54) is 4.90 Å². The zero-order chi connectivity index (χ0) is 13.3. The van der Waals surface area contributed by atoms with E-state index in [1.54, 1.807) is 0 Å². The van der Waals surface area contributed by atoms with E-state index in [4.69, 9.17) is 0 Å². The summed E-state index contributed by atoms with van der Waals surface area (Å²) in [6.45, 7) is 0.392. The Morgan fingerprint density at radius 3 is 2.50 bits per heavy atom. The topological polar surface area (TPSA) is 40.5 Å². The van der Waals surface area contributed by atoms with Crippen LogP contribution in [-0.2, 0) is 4.79 Å². The van der Waals surface area contributed by atoms with Crippen LogP contribution in [0.4, 0.5) is 13.2 Å². The van der Waals surface area contributed by atoms with Gasteiger partial charge < -0.3 is 10.0 Å². The third-order valence-electron chi connectivity index (χ3n) is 4.00. The number of alkyl halides is 3. The van der Waals surface area contributed by atoms with Gasteiger partial charge >= 0.3 is 6.18 Å². The first-order chi connectivity index (χ1) is 8.38. The van der Waals surface area contributed by atoms with Crippen molar-refractivity contribution in [2.24, 2.45) is 5.92 Å². The molecule has 104 valence electrons. The lowest BCUT2D eigenvalue weighted by molar-refractivity contribution is -0.162. The van der Waals surface area contributed by atoms with Crippen molar-refractivity contribution in [3.8, 4) is 0 Å². The Labute approximate surface area is 104 Å². The van der Waals surface area contributed by atoms with Gasteiger partial charge in [-0.05, 0) is 25.7 Å². The van der Waals surface area contributed by atoms with Crippen LogP contribution in [0.1, 0.15) is 38.5 Å². The number of aliphatic hydroxyl groups excluding tert-OH is 1. The molecule has 6 heteroatoms. The average Bonchev–Trinajstić information content (AvgIpc) is 2.82. The second-order valence-corrected chi connectivity index (χ2v) is 5.25. The van der Waals surface area contributed by atoms with Crippen LogP contribution in [0.2, 0.25) is 0 Å². The number of likely N-dealkylation sites (tertiary alicyclic amines) is 1. The van der Waals surface area contributed by atoms with E-state index < -0.39 is 24.6 Å². The maximum atomic E-state index is 12.2. The Bertz CT molecular complexity index is 319. The zero-order valence-electron chi connectivity index (χ0n) is 10.1. The Morgan fingerprint density at radius 2 is 1.94 bits per heavy atom. The molecule has 0 aromatic heterocycles. The smallest absolute Gasteiger partial charge is 0.393 e. The first-order valence-electron chi connectivity index (χ1n) is 6.43. The summed E-state index contributed by atoms with van der Waals surface area (Å²) in [4.78, 5) is 13.0. The van der Waals surface area contributed by atoms with Crippen molar-refractivity contribution >= 4 is 5.91 Å². The van der Waals surface area contributed by atoms with Gasteiger partial charge in [0.15, 0.2) is 0 Å². The van der Waals surface area contributed by atoms with Gasteiger partial charge in [0.25, 0.3) is 0 Å². The van der Waals surface area contributed by atoms with Crippen LogP contribution in [0.15, 0.2) is 0 Å². The highest BCUT2D eigenvalue weighted by Gasteiger charge is 2.42. The highest BCUT2D eigenvalue weighted by Crippen LogP contribution is 2.36. The van der Waals surface area contributed by atoms with E-state index in [0.29, 0.717) is 19.4 Å². The molecule has 1 saturated carbocycles. The largest absolute Gasteiger partial charge is 0.397 e. The van der Waals surface area contributed by atoms with Gasteiger partial charge in [0.1, 0.15) is 6.42 Å². The summed E-state index contributed by atoms with van der Waals surface area (Å²) in [6, 6.07) is -0.197. The Kier molecular flexibility index (Phi) is 3.84. The minimum absolute atomic E-state index is 0.0373. The predicted molar refractivity (Wildman–Crippen MR) is 58.8 cm³/mol. The molecule has 1 aliphatic heterocycles. The number of hydrogen-bond acceptors (Lipinski definition) is 2. The van der Waals surface area contributed by atoms with Crippen molar-refractivity contribution in [3.63, 3.8) is 0 Å². The van der Waals surface area contributed by atoms with Crippen LogP contribution in [0.5, 0.6) is 0 Å². The van der Waals surface area contributed by atoms with Gasteiger partial charge in [-0.15, -0.1) is 0 Å². The molecule has 3 atom stereocenters. The van der Waals surface area contributed by atoms with E-state index >= 15 is 0 Å². The normalized spacial score (nSPS) is 33.1. The fourth-order valence-corrected chi connectivity index (χ4v) is 3.24. The SMILES string of the molecule is O=C(CC(F)(F)F)N1CCCC1C1CCCC1O. The van der Waals surface area contributed by atoms with Crippen LogP contribution < -0.4 is 0 Å². The predicted octanol–water partition coefficient (Wildman–Crippen LogP) is 2.09. The molecule has 2 rings (SSSR count). The van der Waals surface area contributed by atoms with Crippen LogP contribution in [-0.4, -0.2) is 40.8 Å². The minimum Gasteiger partial charge on any atom is -0.393 e. The third kappa shape index (κ3) is 2.96. The maximum absolute atomic E-state index is 12.2. The van der Waals surface area contributed by atoms with Crippen molar-refractivity contribution in [1.82, 2.24) is 4.90 Å². The third-order valence-corrected chi connectivity index (χ3v) is 4.00. The second-order valence-electron chi connectivity index (χ2n) is 5.25. The molecule has 3 unspecified atom stereocenters. The van der Waals surface area contributed by atoms with Crippen molar-refractivity contribution in [2.45, 2.75) is 56.8 Å². The first-order valence-corrected chi connectivity index (χ1v) is 6.43. The maximum Gasteiger partial charge on any atom is 0.397 e. The van der Waals surface area contributed by atoms with Crippen molar-refractivity contribution < 1.29 is 23.1 Å². The van der Waals surface area contributed by atoms with Crippen LogP contribution in [0, 0.1) is 5.92 Å². The number of carbonyl (C=O) groups excluding carboxylic acids is 1. The molecule has 0 aromatic carbocycles. The number of amides is 1. The van der Waals surface area contributed by atoms with E-state index in [-0.39, 0.29) is 12.0 Å². The Balaban J connectivity index is 2.01. The van der Waals surface area contributed by atoms with Crippen molar-refractivity contribution in [2.75, 3.05) is 6.54 Å². The molecule has 1 N–H and O–H groups in total. The van der Waals surface area contributed by atoms with E-state index in [0.717, 1.165) is 19.3 Å². The molecule has 0 radical (unpaired) electrons. The van der Waals surface area contributed by atoms with E-state index in [2.05, 4.69) is 0 Å². The van der Waals surface area contributed by atoms with Gasteiger partial charge in [-0.3, -0.25) is 4.79 Å². The fraction of sp³-hybridized carbons (Fsp3) is 0.917. The highest BCUT2D eigenvalue weighted by molar-refractivity contribution is 5.77. The number of nitrogens with zero attached hydrogens (tertiary/aromatic N) is 1. The van der Waals surface area contributed by atoms with Gasteiger partial charge in [0.05, 0.1) is 6.10 Å². The minimum atomic E-state index is -4.45. The van der Waals surface area contributed by atoms with Crippen molar-refractivity contribution in [3.05, 3.63) is 0 Å². The molecular formula is C12H18F3NO2. The molecule has 1 aliphatic carbocycles. The lowest BCUT2D eigenvalue weighted by Crippen LogP contribution is -2.43. The molecule has 0 spiro atoms. The molecule has 1 heterocycles. The molecule has 0 bridgehead atoms. The molecule has 1 saturated heterocycles. The lowest BCUT2D eigenvalue weighted by atomic mass is 9.94. The second kappa shape index (κ2) is 5.07. The molecule has 0 aromatic rings. The number of hydrogen-bond donors (Lipinski definition) is 1. The van der Waals surface area contributed by atoms with Crippen LogP contribution in [0.25, 0.3) is 0 Å². The first kappa shape index (κ1) is 13.6. The Hall–Kier alpha value is -0.780. The summed E-state index contributed by atoms with van der Waals surface area (Å²) in [5.41, 5.74) is 0. The highest BCUT2D eigenvalue weighted by atomic mass is 19.4. The van der Waals surface area contributed by atoms with Gasteiger partial charge in [-0.25, -0.2) is 0 Å². The van der Waals surface area contributed by atoms with Gasteiger partial charge in [0, 0.05) is 18.5 Å². The molecular weight excluding hydrogens is 247 g/mol. The number of aliphatic hydroxyl groups is 1. The summed E-state index contributed by atoms with van der Waals surface area (Å²) in [5.74, 6) is -0.881. The molecule has 1 amide bonds. The molecule has 2 aliphatic rings. The summed E-state index contributed by atoms with van der Waals surface area (Å²) >= 11 is 0. The van der Waals surface area contributed by atoms with Gasteiger partial charge in [-0.1, -0.05) is 6.42 Å². The zero-order valence-corrected chi connectivity index (χ0v) is 10.1. The number of halogens is 3. The summed E-state index contributed by atoms with van der Waals surface area (Å²) in [5, 5.41) is 9.82. The fourth-order valence-electron chi connectivity index (χ4n) is 3.24. The quantitative estimate of drug-likeness (QED) is 0.830. The molecule has 2 fully saturated rings. The lowest BCUT2D eigenvalue weighted by Gasteiger charge is -2.31. The number of rotatable bonds is 2.